The van der Waals surface area contributed by atoms with Crippen LogP contribution in [0.3, 0.4) is 0 Å². The van der Waals surface area contributed by atoms with Gasteiger partial charge in [0.1, 0.15) is 0 Å². The third kappa shape index (κ3) is 1.68. The zero-order valence-corrected chi connectivity index (χ0v) is 10.0. The molecule has 3 rings (SSSR count). The molecule has 0 bridgehead atoms. The summed E-state index contributed by atoms with van der Waals surface area (Å²) in [4.78, 5) is 14.3. The predicted octanol–water partition coefficient (Wildman–Crippen LogP) is 2.78. The van der Waals surface area contributed by atoms with E-state index in [0.717, 1.165) is 13.0 Å². The van der Waals surface area contributed by atoms with Gasteiger partial charge >= 0.3 is 0 Å². The average molecular weight is 227 g/mol. The minimum absolute atomic E-state index is 0.197. The normalized spacial score (nSPS) is 28.5. The molecule has 0 N–H and O–H groups in total. The highest BCUT2D eigenvalue weighted by Gasteiger charge is 2.42. The molecule has 1 heterocycles. The van der Waals surface area contributed by atoms with Crippen molar-refractivity contribution in [3.8, 4) is 0 Å². The van der Waals surface area contributed by atoms with Crippen LogP contribution in [-0.4, -0.2) is 17.4 Å². The Hall–Kier alpha value is -1.57. The Bertz CT molecular complexity index is 451. The third-order valence-electron chi connectivity index (χ3n) is 4.05. The van der Waals surface area contributed by atoms with Gasteiger partial charge in [0.15, 0.2) is 0 Å². The lowest BCUT2D eigenvalue weighted by atomic mass is 10.00. The number of amides is 1. The van der Waals surface area contributed by atoms with Crippen molar-refractivity contribution in [2.45, 2.75) is 19.4 Å². The average Bonchev–Trinajstić information content (AvgIpc) is 2.93. The van der Waals surface area contributed by atoms with Crippen molar-refractivity contribution in [3.63, 3.8) is 0 Å². The van der Waals surface area contributed by atoms with Crippen molar-refractivity contribution in [1.82, 2.24) is 4.90 Å². The maximum Gasteiger partial charge on any atom is 0.227 e. The van der Waals surface area contributed by atoms with Gasteiger partial charge in [-0.2, -0.15) is 0 Å². The van der Waals surface area contributed by atoms with Gasteiger partial charge in [-0.3, -0.25) is 4.79 Å². The number of hydrogen-bond donors (Lipinski definition) is 0. The van der Waals surface area contributed by atoms with E-state index < -0.39 is 0 Å². The fourth-order valence-corrected chi connectivity index (χ4v) is 2.97. The first-order valence-corrected chi connectivity index (χ1v) is 6.29. The van der Waals surface area contributed by atoms with Gasteiger partial charge in [0.2, 0.25) is 5.91 Å². The first-order valence-electron chi connectivity index (χ1n) is 6.29. The van der Waals surface area contributed by atoms with Crippen LogP contribution in [0.5, 0.6) is 0 Å². The van der Waals surface area contributed by atoms with E-state index in [1.54, 1.807) is 0 Å². The Kier molecular flexibility index (Phi) is 2.50. The Morgan fingerprint density at radius 2 is 2.06 bits per heavy atom. The minimum atomic E-state index is 0.197. The maximum atomic E-state index is 12.3. The summed E-state index contributed by atoms with van der Waals surface area (Å²) in [7, 11) is 0. The van der Waals surface area contributed by atoms with Crippen LogP contribution < -0.4 is 0 Å². The highest BCUT2D eigenvalue weighted by Crippen LogP contribution is 2.37. The molecule has 3 atom stereocenters. The van der Waals surface area contributed by atoms with Gasteiger partial charge < -0.3 is 4.90 Å². The molecule has 0 saturated carbocycles. The van der Waals surface area contributed by atoms with E-state index in [1.165, 1.54) is 5.56 Å². The molecule has 1 aliphatic heterocycles. The first-order chi connectivity index (χ1) is 8.27. The summed E-state index contributed by atoms with van der Waals surface area (Å²) in [5.41, 5.74) is 1.23. The molecule has 0 spiro atoms. The predicted molar refractivity (Wildman–Crippen MR) is 67.3 cm³/mol. The van der Waals surface area contributed by atoms with Gasteiger partial charge in [-0.05, 0) is 18.9 Å². The van der Waals surface area contributed by atoms with Crippen molar-refractivity contribution in [1.29, 1.82) is 0 Å². The Morgan fingerprint density at radius 3 is 2.76 bits per heavy atom. The van der Waals surface area contributed by atoms with Gasteiger partial charge in [0, 0.05) is 18.4 Å². The Morgan fingerprint density at radius 1 is 1.29 bits per heavy atom. The lowest BCUT2D eigenvalue weighted by Gasteiger charge is -2.25. The lowest BCUT2D eigenvalue weighted by molar-refractivity contribution is -0.132. The molecule has 0 unspecified atom stereocenters. The van der Waals surface area contributed by atoms with Crippen LogP contribution in [0.25, 0.3) is 0 Å². The molecule has 0 radical (unpaired) electrons. The molecule has 17 heavy (non-hydrogen) atoms. The van der Waals surface area contributed by atoms with E-state index >= 15 is 0 Å². The summed E-state index contributed by atoms with van der Waals surface area (Å²) in [6, 6.07) is 10.5. The van der Waals surface area contributed by atoms with Gasteiger partial charge in [-0.15, -0.1) is 0 Å². The van der Waals surface area contributed by atoms with E-state index in [2.05, 4.69) is 31.2 Å². The van der Waals surface area contributed by atoms with Gasteiger partial charge in [0.25, 0.3) is 0 Å². The fraction of sp³-hybridized carbons (Fsp3) is 0.400. The molecule has 0 aromatic heterocycles. The van der Waals surface area contributed by atoms with Crippen molar-refractivity contribution in [2.75, 3.05) is 6.54 Å². The monoisotopic (exact) mass is 227 g/mol. The number of carbonyl (C=O) groups excluding carboxylic acids is 1. The minimum Gasteiger partial charge on any atom is -0.335 e. The van der Waals surface area contributed by atoms with Gasteiger partial charge in [0.05, 0.1) is 6.04 Å². The number of hydrogen-bond acceptors (Lipinski definition) is 1. The smallest absolute Gasteiger partial charge is 0.227 e. The highest BCUT2D eigenvalue weighted by atomic mass is 16.2. The molecule has 1 fully saturated rings. The third-order valence-corrected chi connectivity index (χ3v) is 4.05. The number of allylic oxidation sites excluding steroid dienone is 1. The molecule has 2 heteroatoms. The molecule has 1 aromatic carbocycles. The molecule has 2 nitrogen and oxygen atoms in total. The zero-order chi connectivity index (χ0) is 11.8. The van der Waals surface area contributed by atoms with Crippen LogP contribution >= 0.6 is 0 Å². The van der Waals surface area contributed by atoms with Gasteiger partial charge in [-0.25, -0.2) is 0 Å². The molecule has 88 valence electrons. The fourth-order valence-electron chi connectivity index (χ4n) is 2.97. The van der Waals surface area contributed by atoms with Crippen molar-refractivity contribution in [3.05, 3.63) is 48.0 Å². The Balaban J connectivity index is 1.82. The van der Waals surface area contributed by atoms with E-state index in [9.17, 15) is 4.79 Å². The van der Waals surface area contributed by atoms with Crippen LogP contribution in [0.2, 0.25) is 0 Å². The molecule has 2 aliphatic rings. The van der Waals surface area contributed by atoms with E-state index in [0.29, 0.717) is 11.8 Å². The Labute approximate surface area is 102 Å². The van der Waals surface area contributed by atoms with E-state index in [1.807, 2.05) is 23.1 Å². The van der Waals surface area contributed by atoms with Gasteiger partial charge in [-0.1, -0.05) is 42.5 Å². The second-order valence-corrected chi connectivity index (χ2v) is 5.01. The standard InChI is InChI=1S/C15H17NO/c1-11(12-6-3-2-4-7-12)16-10-13-8-5-9-14(13)15(16)17/h2-8,11,13-14H,9-10H2,1H3/t11-,13-,14+/m1/s1. The van der Waals surface area contributed by atoms with Crippen LogP contribution in [0.15, 0.2) is 42.5 Å². The van der Waals surface area contributed by atoms with Crippen molar-refractivity contribution >= 4 is 5.91 Å². The number of carbonyl (C=O) groups is 1. The molecule has 1 aliphatic carbocycles. The summed E-state index contributed by atoms with van der Waals surface area (Å²) in [5, 5.41) is 0. The molecular formula is C15H17NO. The van der Waals surface area contributed by atoms with Crippen LogP contribution in [0.4, 0.5) is 0 Å². The van der Waals surface area contributed by atoms with Crippen LogP contribution in [0, 0.1) is 11.8 Å². The highest BCUT2D eigenvalue weighted by molar-refractivity contribution is 5.83. The van der Waals surface area contributed by atoms with Crippen LogP contribution in [-0.2, 0) is 4.79 Å². The topological polar surface area (TPSA) is 20.3 Å². The molecule has 1 aromatic rings. The SMILES string of the molecule is C[C@H](c1ccccc1)N1C[C@H]2C=CC[C@@H]2C1=O. The second kappa shape index (κ2) is 4.02. The summed E-state index contributed by atoms with van der Waals surface area (Å²) in [6.07, 6.45) is 5.29. The first kappa shape index (κ1) is 10.6. The number of benzene rings is 1. The summed E-state index contributed by atoms with van der Waals surface area (Å²) in [5.74, 6) is 1.01. The number of fused-ring (bicyclic) bond motifs is 1. The molecular weight excluding hydrogens is 210 g/mol. The van der Waals surface area contributed by atoms with Crippen molar-refractivity contribution < 1.29 is 4.79 Å². The van der Waals surface area contributed by atoms with E-state index in [4.69, 9.17) is 0 Å². The largest absolute Gasteiger partial charge is 0.335 e. The summed E-state index contributed by atoms with van der Waals surface area (Å²) < 4.78 is 0. The van der Waals surface area contributed by atoms with Crippen LogP contribution in [0.1, 0.15) is 24.9 Å². The second-order valence-electron chi connectivity index (χ2n) is 5.01. The van der Waals surface area contributed by atoms with E-state index in [-0.39, 0.29) is 12.0 Å². The number of rotatable bonds is 2. The maximum absolute atomic E-state index is 12.3. The molecule has 1 amide bonds. The quantitative estimate of drug-likeness (QED) is 0.711. The summed E-state index contributed by atoms with van der Waals surface area (Å²) in [6.45, 7) is 3.01. The van der Waals surface area contributed by atoms with Crippen molar-refractivity contribution in [2.24, 2.45) is 11.8 Å². The zero-order valence-electron chi connectivity index (χ0n) is 10.0. The molecule has 1 saturated heterocycles. The number of likely N-dealkylation sites (tertiary alicyclic amines) is 1. The number of nitrogens with zero attached hydrogens (tertiary/aromatic N) is 1. The lowest BCUT2D eigenvalue weighted by Crippen LogP contribution is -2.30. The summed E-state index contributed by atoms with van der Waals surface area (Å²) >= 11 is 0.